The molecule has 0 bridgehead atoms. The highest BCUT2D eigenvalue weighted by Gasteiger charge is 2.52. The molecule has 0 unspecified atom stereocenters. The van der Waals surface area contributed by atoms with Crippen LogP contribution < -0.4 is 10.3 Å². The number of thiazole rings is 1. The SMILES string of the molecule is [2H]C([2H])([2H])OC([2H])([2H])C([2H])([2H])Oc1nc(B2OC(C)(C)C(C)(C)O2)cs1. The van der Waals surface area contributed by atoms with Gasteiger partial charge in [-0.25, -0.2) is 4.98 Å². The highest BCUT2D eigenvalue weighted by Crippen LogP contribution is 2.36. The van der Waals surface area contributed by atoms with Crippen LogP contribution >= 0.6 is 11.3 Å². The van der Waals surface area contributed by atoms with Crippen LogP contribution in [0.15, 0.2) is 5.38 Å². The van der Waals surface area contributed by atoms with Crippen molar-refractivity contribution in [1.82, 2.24) is 4.98 Å². The van der Waals surface area contributed by atoms with Crippen molar-refractivity contribution in [2.45, 2.75) is 38.9 Å². The molecule has 2 heterocycles. The molecule has 0 atom stereocenters. The number of methoxy groups -OCH3 is 1. The fraction of sp³-hybridized carbons (Fsp3) is 0.750. The Morgan fingerprint density at radius 3 is 2.68 bits per heavy atom. The first-order chi connectivity index (χ1) is 11.5. The van der Waals surface area contributed by atoms with Crippen LogP contribution in [-0.2, 0) is 14.0 Å². The Bertz CT molecular complexity index is 648. The van der Waals surface area contributed by atoms with E-state index in [1.54, 1.807) is 0 Å². The molecule has 0 spiro atoms. The highest BCUT2D eigenvalue weighted by atomic mass is 32.1. The Labute approximate surface area is 128 Å². The van der Waals surface area contributed by atoms with E-state index < -0.39 is 38.5 Å². The molecular formula is C12H20BNO4S. The first kappa shape index (κ1) is 7.97. The minimum Gasteiger partial charge on any atom is -0.468 e. The summed E-state index contributed by atoms with van der Waals surface area (Å²) >= 11 is 0.901. The van der Waals surface area contributed by atoms with Crippen LogP contribution in [0.4, 0.5) is 0 Å². The second-order valence-corrected chi connectivity index (χ2v) is 5.86. The average molecular weight is 292 g/mol. The van der Waals surface area contributed by atoms with Gasteiger partial charge in [0.15, 0.2) is 0 Å². The molecule has 1 aliphatic heterocycles. The van der Waals surface area contributed by atoms with Gasteiger partial charge in [-0.05, 0) is 27.7 Å². The molecule has 5 nitrogen and oxygen atoms in total. The van der Waals surface area contributed by atoms with E-state index in [1.165, 1.54) is 5.38 Å². The monoisotopic (exact) mass is 292 g/mol. The Hall–Kier alpha value is -0.625. The van der Waals surface area contributed by atoms with Crippen molar-refractivity contribution in [2.24, 2.45) is 0 Å². The van der Waals surface area contributed by atoms with Crippen LogP contribution in [0.25, 0.3) is 0 Å². The van der Waals surface area contributed by atoms with E-state index in [1.807, 2.05) is 27.7 Å². The minimum absolute atomic E-state index is 0.210. The van der Waals surface area contributed by atoms with E-state index in [0.29, 0.717) is 5.59 Å². The van der Waals surface area contributed by atoms with Crippen molar-refractivity contribution in [2.75, 3.05) is 20.2 Å². The first-order valence-electron chi connectivity index (χ1n) is 9.16. The van der Waals surface area contributed by atoms with Gasteiger partial charge in [0.1, 0.15) is 6.56 Å². The summed E-state index contributed by atoms with van der Waals surface area (Å²) in [4.78, 5) is 4.06. The van der Waals surface area contributed by atoms with Crippen LogP contribution in [0.1, 0.15) is 37.3 Å². The molecule has 0 radical (unpaired) electrons. The third kappa shape index (κ3) is 3.10. The van der Waals surface area contributed by atoms with E-state index in [4.69, 9.17) is 23.6 Å². The Balaban J connectivity index is 2.13. The predicted molar refractivity (Wildman–Crippen MR) is 75.2 cm³/mol. The Kier molecular flexibility index (Phi) is 2.27. The van der Waals surface area contributed by atoms with Gasteiger partial charge >= 0.3 is 7.12 Å². The average Bonchev–Trinajstić information content (AvgIpc) is 2.89. The van der Waals surface area contributed by atoms with Crippen LogP contribution in [-0.4, -0.2) is 43.5 Å². The van der Waals surface area contributed by atoms with E-state index in [0.717, 1.165) is 11.3 Å². The largest absolute Gasteiger partial charge is 0.515 e. The molecule has 1 aliphatic rings. The molecular weight excluding hydrogens is 265 g/mol. The number of rotatable bonds is 5. The summed E-state index contributed by atoms with van der Waals surface area (Å²) in [6, 6.07) is 0. The van der Waals surface area contributed by atoms with Gasteiger partial charge in [0.05, 0.1) is 32.9 Å². The molecule has 1 aromatic rings. The van der Waals surface area contributed by atoms with Gasteiger partial charge in [0.2, 0.25) is 0 Å². The van der Waals surface area contributed by atoms with Crippen LogP contribution in [0.2, 0.25) is 0 Å². The topological polar surface area (TPSA) is 49.8 Å². The molecule has 7 heteroatoms. The molecule has 0 N–H and O–H groups in total. The molecule has 0 saturated carbocycles. The molecule has 1 saturated heterocycles. The lowest BCUT2D eigenvalue weighted by atomic mass is 9.86. The predicted octanol–water partition coefficient (Wildman–Crippen LogP) is 1.47. The zero-order chi connectivity index (χ0) is 20.2. The number of nitrogens with zero attached hydrogens (tertiary/aromatic N) is 1. The summed E-state index contributed by atoms with van der Waals surface area (Å²) in [5.41, 5.74) is -0.819. The lowest BCUT2D eigenvalue weighted by Crippen LogP contribution is -2.41. The molecule has 2 rings (SSSR count). The first-order valence-corrected chi connectivity index (χ1v) is 6.54. The third-order valence-corrected chi connectivity index (χ3v) is 3.96. The molecule has 0 aliphatic carbocycles. The summed E-state index contributed by atoms with van der Waals surface area (Å²) in [5.74, 6) is 0. The zero-order valence-corrected chi connectivity index (χ0v) is 12.0. The van der Waals surface area contributed by atoms with Crippen molar-refractivity contribution >= 4 is 24.0 Å². The lowest BCUT2D eigenvalue weighted by molar-refractivity contribution is 0.00578. The Morgan fingerprint density at radius 2 is 2.05 bits per heavy atom. The van der Waals surface area contributed by atoms with Gasteiger partial charge in [-0.2, -0.15) is 0 Å². The van der Waals surface area contributed by atoms with Gasteiger partial charge < -0.3 is 18.8 Å². The molecule has 19 heavy (non-hydrogen) atoms. The fourth-order valence-electron chi connectivity index (χ4n) is 1.47. The van der Waals surface area contributed by atoms with Crippen LogP contribution in [0.3, 0.4) is 0 Å². The summed E-state index contributed by atoms with van der Waals surface area (Å²) in [5, 5.41) is 1.33. The molecule has 1 aromatic heterocycles. The van der Waals surface area contributed by atoms with Gasteiger partial charge in [-0.15, -0.1) is 0 Å². The summed E-state index contributed by atoms with van der Waals surface area (Å²) < 4.78 is 72.0. The molecule has 1 fully saturated rings. The highest BCUT2D eigenvalue weighted by molar-refractivity contribution is 7.12. The van der Waals surface area contributed by atoms with E-state index in [9.17, 15) is 0 Å². The number of ether oxygens (including phenoxy) is 2. The quantitative estimate of drug-likeness (QED) is 0.769. The zero-order valence-electron chi connectivity index (χ0n) is 18.1. The maximum absolute atomic E-state index is 7.69. The number of hydrogen-bond acceptors (Lipinski definition) is 6. The van der Waals surface area contributed by atoms with Crippen LogP contribution in [0, 0.1) is 0 Å². The summed E-state index contributed by atoms with van der Waals surface area (Å²) in [6.07, 6.45) is 0. The third-order valence-electron chi connectivity index (χ3n) is 3.23. The standard InChI is InChI=1S/C12H20BNO4S/c1-11(2)12(3,4)18-13(17-11)9-8-19-10(14-9)16-7-6-15-5/h8H,6-7H2,1-5H3/i5D3,6D2,7D2. The molecule has 0 aromatic carbocycles. The smallest absolute Gasteiger partial charge is 0.468 e. The Morgan fingerprint density at radius 1 is 1.37 bits per heavy atom. The number of aromatic nitrogens is 1. The molecule has 106 valence electrons. The minimum atomic E-state index is -3.23. The molecule has 0 amide bonds. The van der Waals surface area contributed by atoms with Gasteiger partial charge in [-0.3, -0.25) is 0 Å². The maximum Gasteiger partial charge on any atom is 0.515 e. The van der Waals surface area contributed by atoms with Crippen molar-refractivity contribution in [1.29, 1.82) is 0 Å². The van der Waals surface area contributed by atoms with Gasteiger partial charge in [0, 0.05) is 12.4 Å². The van der Waals surface area contributed by atoms with Crippen molar-refractivity contribution < 1.29 is 28.4 Å². The fourth-order valence-corrected chi connectivity index (χ4v) is 2.11. The lowest BCUT2D eigenvalue weighted by Gasteiger charge is -2.32. The van der Waals surface area contributed by atoms with Crippen molar-refractivity contribution in [3.63, 3.8) is 0 Å². The second kappa shape index (κ2) is 5.40. The summed E-state index contributed by atoms with van der Waals surface area (Å²) in [7, 11) is -3.91. The summed E-state index contributed by atoms with van der Waals surface area (Å²) in [6.45, 7) is 1.17. The van der Waals surface area contributed by atoms with Crippen molar-refractivity contribution in [3.05, 3.63) is 5.38 Å². The normalized spacial score (nSPS) is 28.4. The van der Waals surface area contributed by atoms with Crippen LogP contribution in [0.5, 0.6) is 5.19 Å². The van der Waals surface area contributed by atoms with E-state index >= 15 is 0 Å². The van der Waals surface area contributed by atoms with Gasteiger partial charge in [0.25, 0.3) is 5.19 Å². The second-order valence-electron chi connectivity index (χ2n) is 5.03. The maximum atomic E-state index is 7.69. The van der Waals surface area contributed by atoms with E-state index in [-0.39, 0.29) is 5.19 Å². The van der Waals surface area contributed by atoms with Gasteiger partial charge in [-0.1, -0.05) is 11.3 Å². The van der Waals surface area contributed by atoms with Crippen molar-refractivity contribution in [3.8, 4) is 5.19 Å². The number of hydrogen-bond donors (Lipinski definition) is 0. The van der Waals surface area contributed by atoms with E-state index in [2.05, 4.69) is 9.72 Å².